The van der Waals surface area contributed by atoms with Crippen molar-refractivity contribution < 1.29 is 0 Å². The molecule has 33 heavy (non-hydrogen) atoms. The van der Waals surface area contributed by atoms with Crippen molar-refractivity contribution in [2.45, 2.75) is 83.5 Å². The third-order valence-corrected chi connectivity index (χ3v) is 6.75. The van der Waals surface area contributed by atoms with E-state index < -0.39 is 0 Å². The molecule has 2 N–H and O–H groups in total. The highest BCUT2D eigenvalue weighted by Crippen LogP contribution is 2.18. The lowest BCUT2D eigenvalue weighted by Crippen LogP contribution is -2.51. The van der Waals surface area contributed by atoms with Crippen molar-refractivity contribution in [3.63, 3.8) is 0 Å². The Morgan fingerprint density at radius 3 is 2.39 bits per heavy atom. The van der Waals surface area contributed by atoms with Crippen LogP contribution in [0.4, 0.5) is 0 Å². The zero-order chi connectivity index (χ0) is 22.0. The van der Waals surface area contributed by atoms with Gasteiger partial charge in [0, 0.05) is 44.7 Å². The topological polar surface area (TPSA) is 70.4 Å². The molecule has 1 saturated heterocycles. The van der Waals surface area contributed by atoms with Crippen LogP contribution in [0.15, 0.2) is 41.7 Å². The third kappa shape index (κ3) is 8.24. The lowest BCUT2D eigenvalue weighted by atomic mass is 9.95. The van der Waals surface area contributed by atoms with E-state index in [-0.39, 0.29) is 24.0 Å². The number of halogens is 1. The summed E-state index contributed by atoms with van der Waals surface area (Å²) in [5.41, 5.74) is 1.40. The molecule has 1 aromatic heterocycles. The number of nitrogens with one attached hydrogen (secondary N) is 2. The summed E-state index contributed by atoms with van der Waals surface area (Å²) in [5.74, 6) is 2.02. The number of nitrogens with zero attached hydrogens (tertiary/aromatic N) is 5. The van der Waals surface area contributed by atoms with Gasteiger partial charge in [-0.1, -0.05) is 56.5 Å². The molecule has 0 spiro atoms. The lowest BCUT2D eigenvalue weighted by Gasteiger charge is -2.34. The zero-order valence-corrected chi connectivity index (χ0v) is 22.3. The second-order valence-electron chi connectivity index (χ2n) is 9.18. The highest BCUT2D eigenvalue weighted by atomic mass is 127. The van der Waals surface area contributed by atoms with Crippen LogP contribution in [0.3, 0.4) is 0 Å². The number of hydrogen-bond acceptors (Lipinski definition) is 4. The first-order valence-corrected chi connectivity index (χ1v) is 12.5. The second-order valence-corrected chi connectivity index (χ2v) is 9.18. The van der Waals surface area contributed by atoms with Gasteiger partial charge in [-0.3, -0.25) is 9.89 Å². The first-order valence-electron chi connectivity index (χ1n) is 12.5. The minimum absolute atomic E-state index is 0. The van der Waals surface area contributed by atoms with Crippen molar-refractivity contribution >= 4 is 29.9 Å². The van der Waals surface area contributed by atoms with Gasteiger partial charge in [-0.2, -0.15) is 0 Å². The molecular weight excluding hydrogens is 525 g/mol. The van der Waals surface area contributed by atoms with Gasteiger partial charge in [0.25, 0.3) is 0 Å². The fourth-order valence-corrected chi connectivity index (χ4v) is 4.85. The maximum Gasteiger partial charge on any atom is 0.191 e. The molecular formula is C25H40IN7. The molecule has 182 valence electrons. The Labute approximate surface area is 215 Å². The maximum absolute atomic E-state index is 4.95. The van der Waals surface area contributed by atoms with E-state index in [1.807, 2.05) is 6.33 Å². The molecule has 2 fully saturated rings. The van der Waals surface area contributed by atoms with Crippen LogP contribution in [0.5, 0.6) is 0 Å². The molecule has 1 saturated carbocycles. The maximum atomic E-state index is 4.95. The van der Waals surface area contributed by atoms with E-state index in [4.69, 9.17) is 4.99 Å². The molecule has 7 nitrogen and oxygen atoms in total. The SMILES string of the molecule is CCc1nncn1CCN=C(NC1CCCCC1)NC1CCN(Cc2ccccc2)CC1.I. The van der Waals surface area contributed by atoms with E-state index in [1.54, 1.807) is 0 Å². The van der Waals surface area contributed by atoms with Crippen molar-refractivity contribution in [2.75, 3.05) is 19.6 Å². The van der Waals surface area contributed by atoms with Gasteiger partial charge in [0.05, 0.1) is 6.54 Å². The quantitative estimate of drug-likeness (QED) is 0.288. The predicted octanol–water partition coefficient (Wildman–Crippen LogP) is 3.99. The second kappa shape index (κ2) is 13.9. The van der Waals surface area contributed by atoms with Gasteiger partial charge in [-0.25, -0.2) is 0 Å². The molecule has 2 heterocycles. The first kappa shape index (κ1) is 25.9. The van der Waals surface area contributed by atoms with Crippen molar-refractivity contribution in [2.24, 2.45) is 4.99 Å². The van der Waals surface area contributed by atoms with E-state index in [0.29, 0.717) is 12.1 Å². The van der Waals surface area contributed by atoms with Gasteiger partial charge in [0.15, 0.2) is 5.96 Å². The van der Waals surface area contributed by atoms with Gasteiger partial charge in [-0.05, 0) is 31.2 Å². The van der Waals surface area contributed by atoms with Crippen molar-refractivity contribution in [1.29, 1.82) is 0 Å². The number of benzene rings is 1. The third-order valence-electron chi connectivity index (χ3n) is 6.75. The zero-order valence-electron chi connectivity index (χ0n) is 20.0. The number of aryl methyl sites for hydroxylation is 1. The molecule has 2 aliphatic rings. The van der Waals surface area contributed by atoms with Crippen LogP contribution in [0.25, 0.3) is 0 Å². The van der Waals surface area contributed by atoms with E-state index in [0.717, 1.165) is 63.8 Å². The normalized spacial score (nSPS) is 18.6. The van der Waals surface area contributed by atoms with Crippen molar-refractivity contribution in [3.05, 3.63) is 48.0 Å². The summed E-state index contributed by atoms with van der Waals surface area (Å²) in [4.78, 5) is 7.52. The first-order chi connectivity index (χ1) is 15.8. The Kier molecular flexibility index (Phi) is 10.9. The van der Waals surface area contributed by atoms with Gasteiger partial charge >= 0.3 is 0 Å². The number of aromatic nitrogens is 3. The van der Waals surface area contributed by atoms with Crippen LogP contribution < -0.4 is 10.6 Å². The number of guanidine groups is 1. The van der Waals surface area contributed by atoms with Crippen molar-refractivity contribution in [1.82, 2.24) is 30.3 Å². The molecule has 2 aromatic rings. The number of likely N-dealkylation sites (tertiary alicyclic amines) is 1. The molecule has 0 radical (unpaired) electrons. The summed E-state index contributed by atoms with van der Waals surface area (Å²) < 4.78 is 2.11. The Hall–Kier alpha value is -1.68. The monoisotopic (exact) mass is 565 g/mol. The van der Waals surface area contributed by atoms with E-state index in [2.05, 4.69) is 67.6 Å². The van der Waals surface area contributed by atoms with E-state index in [1.165, 1.54) is 37.7 Å². The Bertz CT molecular complexity index is 824. The molecule has 0 atom stereocenters. The molecule has 1 aliphatic heterocycles. The molecule has 1 aromatic carbocycles. The van der Waals surface area contributed by atoms with E-state index in [9.17, 15) is 0 Å². The number of aliphatic imine (C=N–C) groups is 1. The summed E-state index contributed by atoms with van der Waals surface area (Å²) in [6.07, 6.45) is 11.5. The van der Waals surface area contributed by atoms with E-state index >= 15 is 0 Å². The Balaban J connectivity index is 0.00000306. The summed E-state index contributed by atoms with van der Waals surface area (Å²) in [6, 6.07) is 11.8. The minimum Gasteiger partial charge on any atom is -0.354 e. The standard InChI is InChI=1S/C25H39N7.HI/c1-2-24-30-27-20-32(24)18-15-26-25(28-22-11-7-4-8-12-22)29-23-13-16-31(17-14-23)19-21-9-5-3-6-10-21;/h3,5-6,9-10,20,22-23H,2,4,7-8,11-19H2,1H3,(H2,26,28,29);1H. The lowest BCUT2D eigenvalue weighted by molar-refractivity contribution is 0.198. The molecule has 1 aliphatic carbocycles. The average Bonchev–Trinajstić information content (AvgIpc) is 3.29. The largest absolute Gasteiger partial charge is 0.354 e. The van der Waals surface area contributed by atoms with Gasteiger partial charge < -0.3 is 15.2 Å². The van der Waals surface area contributed by atoms with Gasteiger partial charge in [-0.15, -0.1) is 34.2 Å². The van der Waals surface area contributed by atoms with Crippen LogP contribution in [0.1, 0.15) is 63.3 Å². The highest BCUT2D eigenvalue weighted by molar-refractivity contribution is 14.0. The van der Waals surface area contributed by atoms with Crippen LogP contribution >= 0.6 is 24.0 Å². The number of hydrogen-bond donors (Lipinski definition) is 2. The summed E-state index contributed by atoms with van der Waals surface area (Å²) in [5, 5.41) is 15.7. The Morgan fingerprint density at radius 2 is 1.70 bits per heavy atom. The molecule has 0 unspecified atom stereocenters. The molecule has 8 heteroatoms. The number of piperidine rings is 1. The summed E-state index contributed by atoms with van der Waals surface area (Å²) >= 11 is 0. The molecule has 4 rings (SSSR count). The van der Waals surface area contributed by atoms with Crippen LogP contribution in [-0.2, 0) is 19.5 Å². The Morgan fingerprint density at radius 1 is 1.00 bits per heavy atom. The molecule has 0 bridgehead atoms. The van der Waals surface area contributed by atoms with Crippen LogP contribution in [0, 0.1) is 0 Å². The summed E-state index contributed by atoms with van der Waals surface area (Å²) in [6.45, 7) is 6.98. The number of rotatable bonds is 8. The van der Waals surface area contributed by atoms with Gasteiger partial charge in [0.2, 0.25) is 0 Å². The predicted molar refractivity (Wildman–Crippen MR) is 145 cm³/mol. The van der Waals surface area contributed by atoms with Crippen LogP contribution in [0.2, 0.25) is 0 Å². The summed E-state index contributed by atoms with van der Waals surface area (Å²) in [7, 11) is 0. The van der Waals surface area contributed by atoms with Gasteiger partial charge in [0.1, 0.15) is 12.2 Å². The smallest absolute Gasteiger partial charge is 0.191 e. The fourth-order valence-electron chi connectivity index (χ4n) is 4.85. The average molecular weight is 566 g/mol. The molecule has 0 amide bonds. The van der Waals surface area contributed by atoms with Crippen molar-refractivity contribution in [3.8, 4) is 0 Å². The van der Waals surface area contributed by atoms with Crippen LogP contribution in [-0.4, -0.2) is 57.3 Å². The minimum atomic E-state index is 0. The highest BCUT2D eigenvalue weighted by Gasteiger charge is 2.22. The fraction of sp³-hybridized carbons (Fsp3) is 0.640.